The first-order valence-electron chi connectivity index (χ1n) is 11.4. The van der Waals surface area contributed by atoms with Crippen LogP contribution >= 0.6 is 11.8 Å². The maximum absolute atomic E-state index is 12.4. The number of nitrogens with one attached hydrogen (secondary N) is 2. The molecule has 3 rings (SSSR count). The van der Waals surface area contributed by atoms with Crippen molar-refractivity contribution in [3.8, 4) is 11.5 Å². The molecule has 2 aromatic carbocycles. The van der Waals surface area contributed by atoms with Gasteiger partial charge < -0.3 is 24.7 Å². The van der Waals surface area contributed by atoms with Crippen LogP contribution in [0.4, 0.5) is 5.69 Å². The van der Waals surface area contributed by atoms with E-state index in [9.17, 15) is 9.59 Å². The van der Waals surface area contributed by atoms with Gasteiger partial charge in [-0.05, 0) is 67.8 Å². The maximum Gasteiger partial charge on any atom is 0.244 e. The van der Waals surface area contributed by atoms with Gasteiger partial charge in [-0.25, -0.2) is 0 Å². The van der Waals surface area contributed by atoms with Crippen molar-refractivity contribution in [2.45, 2.75) is 39.0 Å². The molecule has 0 bridgehead atoms. The Kier molecular flexibility index (Phi) is 9.52. The van der Waals surface area contributed by atoms with E-state index >= 15 is 0 Å². The van der Waals surface area contributed by atoms with Crippen LogP contribution in [0.5, 0.6) is 11.5 Å². The summed E-state index contributed by atoms with van der Waals surface area (Å²) in [4.78, 5) is 24.8. The van der Waals surface area contributed by atoms with E-state index in [1.165, 1.54) is 17.8 Å². The summed E-state index contributed by atoms with van der Waals surface area (Å²) in [5.41, 5.74) is 3.76. The third-order valence-corrected chi connectivity index (χ3v) is 6.17. The first kappa shape index (κ1) is 26.8. The number of anilines is 1. The van der Waals surface area contributed by atoms with Crippen molar-refractivity contribution in [3.63, 3.8) is 0 Å². The zero-order chi connectivity index (χ0) is 26.1. The van der Waals surface area contributed by atoms with E-state index in [0.717, 1.165) is 22.4 Å². The SMILES string of the molecule is CCn1c(CNC(=O)/C=C/c2ccc(OC)c(OC)c2)nnc1SCC(=O)Nc1cc(C)cc(C)c1. The molecule has 0 spiro atoms. The van der Waals surface area contributed by atoms with Gasteiger partial charge in [0.15, 0.2) is 22.5 Å². The van der Waals surface area contributed by atoms with Crippen LogP contribution in [0.25, 0.3) is 6.08 Å². The highest BCUT2D eigenvalue weighted by Crippen LogP contribution is 2.28. The summed E-state index contributed by atoms with van der Waals surface area (Å²) in [7, 11) is 3.13. The number of amides is 2. The van der Waals surface area contributed by atoms with Gasteiger partial charge in [-0.1, -0.05) is 23.9 Å². The van der Waals surface area contributed by atoms with Gasteiger partial charge in [0, 0.05) is 18.3 Å². The predicted octanol–water partition coefficient (Wildman–Crippen LogP) is 3.99. The monoisotopic (exact) mass is 509 g/mol. The molecule has 9 nitrogen and oxygen atoms in total. The van der Waals surface area contributed by atoms with E-state index < -0.39 is 0 Å². The van der Waals surface area contributed by atoms with E-state index in [4.69, 9.17) is 9.47 Å². The number of hydrogen-bond donors (Lipinski definition) is 2. The van der Waals surface area contributed by atoms with Gasteiger partial charge in [-0.2, -0.15) is 0 Å². The average molecular weight is 510 g/mol. The fourth-order valence-electron chi connectivity index (χ4n) is 3.60. The van der Waals surface area contributed by atoms with E-state index in [2.05, 4.69) is 26.9 Å². The molecule has 0 atom stereocenters. The molecule has 0 saturated carbocycles. The van der Waals surface area contributed by atoms with E-state index in [-0.39, 0.29) is 24.1 Å². The number of hydrogen-bond acceptors (Lipinski definition) is 7. The molecule has 190 valence electrons. The number of thioether (sulfide) groups is 1. The Labute approximate surface area is 215 Å². The highest BCUT2D eigenvalue weighted by molar-refractivity contribution is 7.99. The molecule has 0 aliphatic carbocycles. The van der Waals surface area contributed by atoms with Crippen LogP contribution in [0.2, 0.25) is 0 Å². The number of ether oxygens (including phenoxy) is 2. The first-order valence-corrected chi connectivity index (χ1v) is 12.4. The fourth-order valence-corrected chi connectivity index (χ4v) is 4.42. The Bertz CT molecular complexity index is 1230. The van der Waals surface area contributed by atoms with Crippen molar-refractivity contribution in [2.24, 2.45) is 0 Å². The van der Waals surface area contributed by atoms with Crippen molar-refractivity contribution in [2.75, 3.05) is 25.3 Å². The smallest absolute Gasteiger partial charge is 0.244 e. The second kappa shape index (κ2) is 12.8. The highest BCUT2D eigenvalue weighted by atomic mass is 32.2. The average Bonchev–Trinajstić information content (AvgIpc) is 3.25. The summed E-state index contributed by atoms with van der Waals surface area (Å²) in [5.74, 6) is 1.63. The van der Waals surface area contributed by atoms with Gasteiger partial charge in [-0.15, -0.1) is 10.2 Å². The minimum absolute atomic E-state index is 0.120. The Balaban J connectivity index is 1.54. The van der Waals surface area contributed by atoms with Crippen LogP contribution in [0.3, 0.4) is 0 Å². The largest absolute Gasteiger partial charge is 0.493 e. The summed E-state index contributed by atoms with van der Waals surface area (Å²) >= 11 is 1.30. The van der Waals surface area contributed by atoms with Crippen LogP contribution in [0, 0.1) is 13.8 Å². The normalized spacial score (nSPS) is 10.9. The molecule has 0 unspecified atom stereocenters. The Morgan fingerprint density at radius 1 is 1.03 bits per heavy atom. The summed E-state index contributed by atoms with van der Waals surface area (Å²) < 4.78 is 12.4. The lowest BCUT2D eigenvalue weighted by Crippen LogP contribution is -2.22. The second-order valence-electron chi connectivity index (χ2n) is 8.02. The maximum atomic E-state index is 12.4. The number of benzene rings is 2. The standard InChI is InChI=1S/C26H31N5O4S/c1-6-31-23(15-27-24(32)10-8-19-7-9-21(34-4)22(14-19)35-5)29-30-26(31)36-16-25(33)28-20-12-17(2)11-18(3)13-20/h7-14H,6,15-16H2,1-5H3,(H,27,32)(H,28,33)/b10-8+. The number of carbonyl (C=O) groups excluding carboxylic acids is 2. The quantitative estimate of drug-likeness (QED) is 0.297. The molecule has 1 aromatic heterocycles. The van der Waals surface area contributed by atoms with Crippen LogP contribution < -0.4 is 20.1 Å². The summed E-state index contributed by atoms with van der Waals surface area (Å²) in [5, 5.41) is 14.8. The van der Waals surface area contributed by atoms with E-state index in [1.54, 1.807) is 32.4 Å². The van der Waals surface area contributed by atoms with Crippen molar-refractivity contribution in [3.05, 3.63) is 65.0 Å². The topological polar surface area (TPSA) is 107 Å². The zero-order valence-corrected chi connectivity index (χ0v) is 21.9. The molecular weight excluding hydrogens is 478 g/mol. The molecule has 36 heavy (non-hydrogen) atoms. The van der Waals surface area contributed by atoms with Crippen molar-refractivity contribution in [1.82, 2.24) is 20.1 Å². The lowest BCUT2D eigenvalue weighted by atomic mass is 10.1. The molecule has 0 aliphatic rings. The first-order chi connectivity index (χ1) is 17.3. The molecule has 3 aromatic rings. The summed E-state index contributed by atoms with van der Waals surface area (Å²) in [6, 6.07) is 11.3. The molecule has 2 N–H and O–H groups in total. The van der Waals surface area contributed by atoms with Gasteiger partial charge in [0.1, 0.15) is 0 Å². The molecule has 0 fully saturated rings. The lowest BCUT2D eigenvalue weighted by molar-refractivity contribution is -0.116. The molecule has 0 aliphatic heterocycles. The van der Waals surface area contributed by atoms with Crippen molar-refractivity contribution >= 4 is 35.3 Å². The highest BCUT2D eigenvalue weighted by Gasteiger charge is 2.14. The minimum atomic E-state index is -0.266. The van der Waals surface area contributed by atoms with Crippen LogP contribution in [-0.4, -0.2) is 46.6 Å². The third kappa shape index (κ3) is 7.35. The van der Waals surface area contributed by atoms with Gasteiger partial charge in [0.05, 0.1) is 26.5 Å². The Morgan fingerprint density at radius 3 is 2.42 bits per heavy atom. The minimum Gasteiger partial charge on any atom is -0.493 e. The Hall–Kier alpha value is -3.79. The summed E-state index contributed by atoms with van der Waals surface area (Å²) in [6.45, 7) is 6.78. The molecule has 1 heterocycles. The summed E-state index contributed by atoms with van der Waals surface area (Å²) in [6.07, 6.45) is 3.14. The number of rotatable bonds is 11. The predicted molar refractivity (Wildman–Crippen MR) is 141 cm³/mol. The molecular formula is C26H31N5O4S. The van der Waals surface area contributed by atoms with E-state index in [0.29, 0.717) is 29.0 Å². The number of aryl methyl sites for hydroxylation is 2. The van der Waals surface area contributed by atoms with Gasteiger partial charge >= 0.3 is 0 Å². The van der Waals surface area contributed by atoms with Crippen LogP contribution in [0.15, 0.2) is 47.6 Å². The van der Waals surface area contributed by atoms with Gasteiger partial charge in [0.25, 0.3) is 0 Å². The van der Waals surface area contributed by atoms with Gasteiger partial charge in [-0.3, -0.25) is 9.59 Å². The molecule has 10 heteroatoms. The second-order valence-corrected chi connectivity index (χ2v) is 8.96. The third-order valence-electron chi connectivity index (χ3n) is 5.20. The lowest BCUT2D eigenvalue weighted by Gasteiger charge is -2.09. The van der Waals surface area contributed by atoms with E-state index in [1.807, 2.05) is 43.5 Å². The van der Waals surface area contributed by atoms with Crippen LogP contribution in [0.1, 0.15) is 29.4 Å². The Morgan fingerprint density at radius 2 is 1.75 bits per heavy atom. The van der Waals surface area contributed by atoms with Gasteiger partial charge in [0.2, 0.25) is 11.8 Å². The number of methoxy groups -OCH3 is 2. The molecule has 0 radical (unpaired) electrons. The zero-order valence-electron chi connectivity index (χ0n) is 21.1. The number of carbonyl (C=O) groups is 2. The van der Waals surface area contributed by atoms with Crippen LogP contribution in [-0.2, 0) is 22.7 Å². The molecule has 2 amide bonds. The van der Waals surface area contributed by atoms with Crippen molar-refractivity contribution in [1.29, 1.82) is 0 Å². The molecule has 0 saturated heterocycles. The van der Waals surface area contributed by atoms with Crippen molar-refractivity contribution < 1.29 is 19.1 Å². The number of nitrogens with zero attached hydrogens (tertiary/aromatic N) is 3. The number of aromatic nitrogens is 3. The fraction of sp³-hybridized carbons (Fsp3) is 0.308.